The van der Waals surface area contributed by atoms with Crippen molar-refractivity contribution in [1.29, 1.82) is 0 Å². The second-order valence-corrected chi connectivity index (χ2v) is 6.87. The Morgan fingerprint density at radius 2 is 2.09 bits per heavy atom. The van der Waals surface area contributed by atoms with Crippen LogP contribution in [0, 0.1) is 5.82 Å². The zero-order valence-corrected chi connectivity index (χ0v) is 13.5. The molecule has 0 radical (unpaired) electrons. The first-order valence-electron chi connectivity index (χ1n) is 7.77. The number of amides is 1. The van der Waals surface area contributed by atoms with Crippen molar-refractivity contribution in [2.45, 2.75) is 44.1 Å². The lowest BCUT2D eigenvalue weighted by molar-refractivity contribution is -0.124. The fraction of sp³-hybridized carbons (Fsp3) is 0.389. The maximum Gasteiger partial charge on any atom is 0.231 e. The molecule has 0 bridgehead atoms. The van der Waals surface area contributed by atoms with Crippen LogP contribution >= 0.6 is 11.3 Å². The lowest BCUT2D eigenvalue weighted by Crippen LogP contribution is -2.37. The molecule has 1 N–H and O–H groups in total. The van der Waals surface area contributed by atoms with Crippen LogP contribution < -0.4 is 5.32 Å². The molecule has 1 aromatic carbocycles. The molecule has 1 saturated carbocycles. The average molecular weight is 317 g/mol. The summed E-state index contributed by atoms with van der Waals surface area (Å²) in [5, 5.41) is 5.18. The Bertz CT molecular complexity index is 649. The number of hydrogen-bond acceptors (Lipinski definition) is 2. The van der Waals surface area contributed by atoms with Gasteiger partial charge in [-0.25, -0.2) is 4.39 Å². The molecule has 1 amide bonds. The molecule has 0 unspecified atom stereocenters. The van der Waals surface area contributed by atoms with Crippen LogP contribution in [-0.2, 0) is 10.2 Å². The highest BCUT2D eigenvalue weighted by Gasteiger charge is 2.53. The first-order chi connectivity index (χ1) is 10.7. The monoisotopic (exact) mass is 317 g/mol. The SMILES string of the molecule is CCC[C@H](NC(=O)C1(c2ccccc2F)CC1)c1cccs1. The largest absolute Gasteiger partial charge is 0.348 e. The van der Waals surface area contributed by atoms with Crippen molar-refractivity contribution in [3.05, 3.63) is 58.0 Å². The van der Waals surface area contributed by atoms with E-state index in [0.717, 1.165) is 25.7 Å². The van der Waals surface area contributed by atoms with Crippen molar-refractivity contribution in [2.75, 3.05) is 0 Å². The van der Waals surface area contributed by atoms with E-state index in [9.17, 15) is 9.18 Å². The molecular formula is C18H20FNOS. The predicted octanol–water partition coefficient (Wildman–Crippen LogP) is 4.58. The standard InChI is InChI=1S/C18H20FNOS/c1-2-6-15(16-9-5-12-22-16)20-17(21)18(10-11-18)13-7-3-4-8-14(13)19/h3-5,7-9,12,15H,2,6,10-11H2,1H3,(H,20,21)/t15-/m0/s1. The van der Waals surface area contributed by atoms with E-state index < -0.39 is 5.41 Å². The van der Waals surface area contributed by atoms with E-state index in [4.69, 9.17) is 0 Å². The van der Waals surface area contributed by atoms with Gasteiger partial charge in [-0.15, -0.1) is 11.3 Å². The smallest absolute Gasteiger partial charge is 0.231 e. The quantitative estimate of drug-likeness (QED) is 0.830. The number of hydrogen-bond donors (Lipinski definition) is 1. The van der Waals surface area contributed by atoms with Crippen molar-refractivity contribution in [1.82, 2.24) is 5.32 Å². The summed E-state index contributed by atoms with van der Waals surface area (Å²) in [6, 6.07) is 10.7. The third-order valence-electron chi connectivity index (χ3n) is 4.34. The van der Waals surface area contributed by atoms with Crippen LogP contribution in [-0.4, -0.2) is 5.91 Å². The van der Waals surface area contributed by atoms with Crippen molar-refractivity contribution >= 4 is 17.2 Å². The number of halogens is 1. The number of nitrogens with one attached hydrogen (secondary N) is 1. The molecule has 4 heteroatoms. The van der Waals surface area contributed by atoms with E-state index in [1.807, 2.05) is 17.5 Å². The number of benzene rings is 1. The number of thiophene rings is 1. The molecule has 22 heavy (non-hydrogen) atoms. The maximum atomic E-state index is 14.1. The van der Waals surface area contributed by atoms with Crippen molar-refractivity contribution in [2.24, 2.45) is 0 Å². The Labute approximate surface area is 134 Å². The van der Waals surface area contributed by atoms with Crippen LogP contribution in [0.25, 0.3) is 0 Å². The first-order valence-corrected chi connectivity index (χ1v) is 8.65. The Morgan fingerprint density at radius 1 is 1.32 bits per heavy atom. The van der Waals surface area contributed by atoms with Gasteiger partial charge >= 0.3 is 0 Å². The second kappa shape index (κ2) is 6.21. The molecule has 1 aromatic heterocycles. The summed E-state index contributed by atoms with van der Waals surface area (Å²) in [4.78, 5) is 14.0. The maximum absolute atomic E-state index is 14.1. The van der Waals surface area contributed by atoms with Crippen molar-refractivity contribution in [3.8, 4) is 0 Å². The van der Waals surface area contributed by atoms with Gasteiger partial charge in [0.15, 0.2) is 0 Å². The zero-order valence-electron chi connectivity index (χ0n) is 12.6. The molecule has 1 fully saturated rings. The highest BCUT2D eigenvalue weighted by Crippen LogP contribution is 2.49. The Hall–Kier alpha value is -1.68. The minimum Gasteiger partial charge on any atom is -0.348 e. The summed E-state index contributed by atoms with van der Waals surface area (Å²) >= 11 is 1.65. The van der Waals surface area contributed by atoms with E-state index in [1.165, 1.54) is 10.9 Å². The molecule has 1 heterocycles. The van der Waals surface area contributed by atoms with Crippen LogP contribution in [0.15, 0.2) is 41.8 Å². The Kier molecular flexibility index (Phi) is 4.30. The molecule has 0 spiro atoms. The minimum atomic E-state index is -0.658. The second-order valence-electron chi connectivity index (χ2n) is 5.89. The van der Waals surface area contributed by atoms with Crippen LogP contribution in [0.4, 0.5) is 4.39 Å². The Morgan fingerprint density at radius 3 is 2.68 bits per heavy atom. The minimum absolute atomic E-state index is 0.0294. The average Bonchev–Trinajstić information content (AvgIpc) is 3.14. The third-order valence-corrected chi connectivity index (χ3v) is 5.33. The van der Waals surface area contributed by atoms with E-state index in [0.29, 0.717) is 5.56 Å². The summed E-state index contributed by atoms with van der Waals surface area (Å²) in [6.45, 7) is 2.11. The van der Waals surface area contributed by atoms with E-state index in [-0.39, 0.29) is 17.8 Å². The van der Waals surface area contributed by atoms with Gasteiger partial charge < -0.3 is 5.32 Å². The molecule has 3 rings (SSSR count). The van der Waals surface area contributed by atoms with Gasteiger partial charge in [-0.05, 0) is 36.8 Å². The molecule has 1 atom stereocenters. The van der Waals surface area contributed by atoms with E-state index >= 15 is 0 Å². The topological polar surface area (TPSA) is 29.1 Å². The van der Waals surface area contributed by atoms with Gasteiger partial charge in [-0.3, -0.25) is 4.79 Å². The van der Waals surface area contributed by atoms with E-state index in [1.54, 1.807) is 29.5 Å². The fourth-order valence-corrected chi connectivity index (χ4v) is 3.77. The predicted molar refractivity (Wildman–Crippen MR) is 87.4 cm³/mol. The number of carbonyl (C=O) groups is 1. The summed E-state index contributed by atoms with van der Waals surface area (Å²) < 4.78 is 14.1. The summed E-state index contributed by atoms with van der Waals surface area (Å²) in [5.74, 6) is -0.317. The van der Waals surface area contributed by atoms with Gasteiger partial charge in [0.25, 0.3) is 0 Å². The summed E-state index contributed by atoms with van der Waals surface area (Å²) in [5.41, 5.74) is -0.122. The number of rotatable bonds is 6. The zero-order chi connectivity index (χ0) is 15.6. The lowest BCUT2D eigenvalue weighted by Gasteiger charge is -2.22. The highest BCUT2D eigenvalue weighted by atomic mass is 32.1. The van der Waals surface area contributed by atoms with Crippen LogP contribution in [0.3, 0.4) is 0 Å². The van der Waals surface area contributed by atoms with Gasteiger partial charge in [0.05, 0.1) is 11.5 Å². The molecule has 1 aliphatic rings. The molecule has 1 aliphatic carbocycles. The van der Waals surface area contributed by atoms with Crippen LogP contribution in [0.5, 0.6) is 0 Å². The molecular weight excluding hydrogens is 297 g/mol. The van der Waals surface area contributed by atoms with Gasteiger partial charge in [0, 0.05) is 10.4 Å². The Balaban J connectivity index is 1.80. The molecule has 0 saturated heterocycles. The summed E-state index contributed by atoms with van der Waals surface area (Å²) in [7, 11) is 0. The fourth-order valence-electron chi connectivity index (χ4n) is 2.95. The first kappa shape index (κ1) is 15.2. The van der Waals surface area contributed by atoms with Gasteiger partial charge in [0.1, 0.15) is 5.82 Å². The van der Waals surface area contributed by atoms with Crippen molar-refractivity contribution < 1.29 is 9.18 Å². The normalized spacial score (nSPS) is 17.0. The summed E-state index contributed by atoms with van der Waals surface area (Å²) in [6.07, 6.45) is 3.35. The number of carbonyl (C=O) groups excluding carboxylic acids is 1. The van der Waals surface area contributed by atoms with Crippen LogP contribution in [0.1, 0.15) is 49.1 Å². The lowest BCUT2D eigenvalue weighted by atomic mass is 9.93. The molecule has 2 nitrogen and oxygen atoms in total. The highest BCUT2D eigenvalue weighted by molar-refractivity contribution is 7.10. The molecule has 0 aliphatic heterocycles. The van der Waals surface area contributed by atoms with Gasteiger partial charge in [-0.1, -0.05) is 37.6 Å². The van der Waals surface area contributed by atoms with Crippen LogP contribution in [0.2, 0.25) is 0 Å². The molecule has 2 aromatic rings. The van der Waals surface area contributed by atoms with Crippen molar-refractivity contribution in [3.63, 3.8) is 0 Å². The van der Waals surface area contributed by atoms with E-state index in [2.05, 4.69) is 12.2 Å². The van der Waals surface area contributed by atoms with Gasteiger partial charge in [-0.2, -0.15) is 0 Å². The van der Waals surface area contributed by atoms with Gasteiger partial charge in [0.2, 0.25) is 5.91 Å². The molecule has 116 valence electrons. The third kappa shape index (κ3) is 2.80.